The van der Waals surface area contributed by atoms with E-state index in [1.807, 2.05) is 30.3 Å². The Morgan fingerprint density at radius 2 is 1.90 bits per heavy atom. The summed E-state index contributed by atoms with van der Waals surface area (Å²) in [7, 11) is 0. The third kappa shape index (κ3) is 3.45. The van der Waals surface area contributed by atoms with E-state index >= 15 is 0 Å². The van der Waals surface area contributed by atoms with Crippen molar-refractivity contribution >= 4 is 23.2 Å². The largest absolute Gasteiger partial charge is 0.326 e. The number of aryl methyl sites for hydroxylation is 1. The van der Waals surface area contributed by atoms with Crippen molar-refractivity contribution in [1.82, 2.24) is 0 Å². The van der Waals surface area contributed by atoms with Gasteiger partial charge in [-0.3, -0.25) is 4.79 Å². The predicted molar refractivity (Wildman–Crippen MR) is 86.7 cm³/mol. The zero-order valence-electron chi connectivity index (χ0n) is 11.8. The van der Waals surface area contributed by atoms with Crippen molar-refractivity contribution in [3.05, 3.63) is 65.2 Å². The molecule has 3 heteroatoms. The Labute approximate surface area is 130 Å². The monoisotopic (exact) mass is 299 g/mol. The van der Waals surface area contributed by atoms with Gasteiger partial charge in [0.15, 0.2) is 0 Å². The molecular formula is C18H18ClNO. The topological polar surface area (TPSA) is 29.1 Å². The molecule has 1 aliphatic rings. The molecule has 1 unspecified atom stereocenters. The minimum absolute atomic E-state index is 0.0448. The number of anilines is 1. The number of amides is 1. The van der Waals surface area contributed by atoms with Gasteiger partial charge in [-0.05, 0) is 42.0 Å². The maximum Gasteiger partial charge on any atom is 0.224 e. The van der Waals surface area contributed by atoms with Crippen LogP contribution < -0.4 is 5.32 Å². The SMILES string of the molecule is O=C1CCCc2cc(C(Cl)Cc3ccccc3)ccc2N1. The summed E-state index contributed by atoms with van der Waals surface area (Å²) in [5.74, 6) is 0.105. The summed E-state index contributed by atoms with van der Waals surface area (Å²) in [6.07, 6.45) is 3.23. The fourth-order valence-electron chi connectivity index (χ4n) is 2.73. The molecule has 1 N–H and O–H groups in total. The number of fused-ring (bicyclic) bond motifs is 1. The van der Waals surface area contributed by atoms with Gasteiger partial charge in [0.25, 0.3) is 0 Å². The number of hydrogen-bond acceptors (Lipinski definition) is 1. The van der Waals surface area contributed by atoms with E-state index in [0.29, 0.717) is 6.42 Å². The van der Waals surface area contributed by atoms with Crippen molar-refractivity contribution in [2.75, 3.05) is 5.32 Å². The van der Waals surface area contributed by atoms with Crippen LogP contribution in [-0.4, -0.2) is 5.91 Å². The molecule has 21 heavy (non-hydrogen) atoms. The van der Waals surface area contributed by atoms with E-state index in [1.165, 1.54) is 11.1 Å². The zero-order chi connectivity index (χ0) is 14.7. The van der Waals surface area contributed by atoms with E-state index in [9.17, 15) is 4.79 Å². The minimum Gasteiger partial charge on any atom is -0.326 e. The molecule has 0 bridgehead atoms. The van der Waals surface area contributed by atoms with E-state index in [4.69, 9.17) is 11.6 Å². The molecule has 1 amide bonds. The van der Waals surface area contributed by atoms with Crippen LogP contribution in [-0.2, 0) is 17.6 Å². The number of carbonyl (C=O) groups excluding carboxylic acids is 1. The van der Waals surface area contributed by atoms with Crippen LogP contribution in [0.15, 0.2) is 48.5 Å². The maximum absolute atomic E-state index is 11.6. The van der Waals surface area contributed by atoms with Crippen LogP contribution in [0.1, 0.15) is 34.9 Å². The summed E-state index contributed by atoms with van der Waals surface area (Å²) in [4.78, 5) is 11.6. The van der Waals surface area contributed by atoms with Crippen molar-refractivity contribution in [3.8, 4) is 0 Å². The quantitative estimate of drug-likeness (QED) is 0.832. The van der Waals surface area contributed by atoms with E-state index in [0.717, 1.165) is 30.5 Å². The lowest BCUT2D eigenvalue weighted by Crippen LogP contribution is -2.09. The predicted octanol–water partition coefficient (Wildman–Crippen LogP) is 4.48. The Kier molecular flexibility index (Phi) is 4.26. The first-order chi connectivity index (χ1) is 10.2. The lowest BCUT2D eigenvalue weighted by atomic mass is 9.99. The van der Waals surface area contributed by atoms with Gasteiger partial charge in [-0.25, -0.2) is 0 Å². The molecule has 0 saturated heterocycles. The molecule has 1 atom stereocenters. The van der Waals surface area contributed by atoms with Crippen LogP contribution in [0.4, 0.5) is 5.69 Å². The highest BCUT2D eigenvalue weighted by Gasteiger charge is 2.15. The summed E-state index contributed by atoms with van der Waals surface area (Å²) >= 11 is 6.57. The van der Waals surface area contributed by atoms with Gasteiger partial charge >= 0.3 is 0 Å². The first-order valence-corrected chi connectivity index (χ1v) is 7.77. The van der Waals surface area contributed by atoms with Crippen LogP contribution in [0.5, 0.6) is 0 Å². The molecule has 0 spiro atoms. The van der Waals surface area contributed by atoms with Crippen molar-refractivity contribution in [2.24, 2.45) is 0 Å². The molecular weight excluding hydrogens is 282 g/mol. The van der Waals surface area contributed by atoms with Gasteiger partial charge in [0.05, 0.1) is 5.38 Å². The summed E-state index contributed by atoms with van der Waals surface area (Å²) < 4.78 is 0. The number of carbonyl (C=O) groups is 1. The Bertz CT molecular complexity index is 639. The van der Waals surface area contributed by atoms with Crippen LogP contribution in [0.3, 0.4) is 0 Å². The minimum atomic E-state index is -0.0448. The summed E-state index contributed by atoms with van der Waals surface area (Å²) in [6.45, 7) is 0. The van der Waals surface area contributed by atoms with Gasteiger partial charge in [0.1, 0.15) is 0 Å². The standard InChI is InChI=1S/C18H18ClNO/c19-16(11-13-5-2-1-3-6-13)14-9-10-17-15(12-14)7-4-8-18(21)20-17/h1-3,5-6,9-10,12,16H,4,7-8,11H2,(H,20,21). The Balaban J connectivity index is 1.80. The molecule has 2 aromatic rings. The second kappa shape index (κ2) is 6.31. The number of alkyl halides is 1. The van der Waals surface area contributed by atoms with Gasteiger partial charge < -0.3 is 5.32 Å². The highest BCUT2D eigenvalue weighted by Crippen LogP contribution is 2.30. The van der Waals surface area contributed by atoms with Gasteiger partial charge in [0, 0.05) is 12.1 Å². The number of rotatable bonds is 3. The normalized spacial score (nSPS) is 15.8. The maximum atomic E-state index is 11.6. The molecule has 0 radical (unpaired) electrons. The summed E-state index contributed by atoms with van der Waals surface area (Å²) in [6, 6.07) is 16.4. The van der Waals surface area contributed by atoms with E-state index in [-0.39, 0.29) is 11.3 Å². The number of halogens is 1. The van der Waals surface area contributed by atoms with E-state index in [2.05, 4.69) is 23.5 Å². The average molecular weight is 300 g/mol. The second-order valence-electron chi connectivity index (χ2n) is 5.48. The highest BCUT2D eigenvalue weighted by molar-refractivity contribution is 6.21. The lowest BCUT2D eigenvalue weighted by molar-refractivity contribution is -0.116. The Morgan fingerprint density at radius 3 is 2.71 bits per heavy atom. The van der Waals surface area contributed by atoms with Crippen molar-refractivity contribution in [1.29, 1.82) is 0 Å². The zero-order valence-corrected chi connectivity index (χ0v) is 12.6. The van der Waals surface area contributed by atoms with Crippen LogP contribution in [0.2, 0.25) is 0 Å². The van der Waals surface area contributed by atoms with Crippen LogP contribution in [0.25, 0.3) is 0 Å². The molecule has 2 aromatic carbocycles. The fourth-order valence-corrected chi connectivity index (χ4v) is 3.04. The molecule has 0 aromatic heterocycles. The number of benzene rings is 2. The molecule has 0 fully saturated rings. The molecule has 1 heterocycles. The van der Waals surface area contributed by atoms with Crippen molar-refractivity contribution < 1.29 is 4.79 Å². The van der Waals surface area contributed by atoms with E-state index < -0.39 is 0 Å². The third-order valence-electron chi connectivity index (χ3n) is 3.87. The molecule has 1 aliphatic heterocycles. The Hall–Kier alpha value is -1.80. The highest BCUT2D eigenvalue weighted by atomic mass is 35.5. The smallest absolute Gasteiger partial charge is 0.224 e. The van der Waals surface area contributed by atoms with Gasteiger partial charge in [-0.2, -0.15) is 0 Å². The van der Waals surface area contributed by atoms with Gasteiger partial charge in [0.2, 0.25) is 5.91 Å². The first-order valence-electron chi connectivity index (χ1n) is 7.33. The van der Waals surface area contributed by atoms with Gasteiger partial charge in [-0.15, -0.1) is 11.6 Å². The molecule has 3 rings (SSSR count). The van der Waals surface area contributed by atoms with Crippen molar-refractivity contribution in [3.63, 3.8) is 0 Å². The first kappa shape index (κ1) is 14.2. The lowest BCUT2D eigenvalue weighted by Gasteiger charge is -2.14. The fraction of sp³-hybridized carbons (Fsp3) is 0.278. The summed E-state index contributed by atoms with van der Waals surface area (Å²) in [5.41, 5.74) is 4.48. The molecule has 108 valence electrons. The van der Waals surface area contributed by atoms with Gasteiger partial charge in [-0.1, -0.05) is 42.5 Å². The number of hydrogen-bond donors (Lipinski definition) is 1. The molecule has 0 aliphatic carbocycles. The van der Waals surface area contributed by atoms with E-state index in [1.54, 1.807) is 0 Å². The average Bonchev–Trinajstić information content (AvgIpc) is 2.68. The third-order valence-corrected chi connectivity index (χ3v) is 4.28. The molecule has 0 saturated carbocycles. The van der Waals surface area contributed by atoms with Crippen LogP contribution in [0, 0.1) is 0 Å². The number of nitrogens with one attached hydrogen (secondary N) is 1. The van der Waals surface area contributed by atoms with Crippen molar-refractivity contribution in [2.45, 2.75) is 31.1 Å². The summed E-state index contributed by atoms with van der Waals surface area (Å²) in [5, 5.41) is 2.91. The molecule has 2 nitrogen and oxygen atoms in total. The second-order valence-corrected chi connectivity index (χ2v) is 6.00. The van der Waals surface area contributed by atoms with Crippen LogP contribution >= 0.6 is 11.6 Å². The Morgan fingerprint density at radius 1 is 1.10 bits per heavy atom.